The monoisotopic (exact) mass is 479 g/mol. The molecule has 7 heteroatoms. The number of methoxy groups -OCH3 is 1. The molecule has 0 saturated carbocycles. The number of esters is 1. The highest BCUT2D eigenvalue weighted by Crippen LogP contribution is 2.41. The molecule has 1 N–H and O–H groups in total. The van der Waals surface area contributed by atoms with Gasteiger partial charge in [-0.3, -0.25) is 4.72 Å². The van der Waals surface area contributed by atoms with E-state index in [4.69, 9.17) is 9.15 Å². The zero-order valence-corrected chi connectivity index (χ0v) is 21.3. The van der Waals surface area contributed by atoms with E-state index in [-0.39, 0.29) is 4.90 Å². The van der Waals surface area contributed by atoms with Gasteiger partial charge in [0.05, 0.1) is 17.7 Å². The van der Waals surface area contributed by atoms with Crippen molar-refractivity contribution in [3.63, 3.8) is 0 Å². The Balaban J connectivity index is 2.02. The molecular formula is C27H29NO5S. The van der Waals surface area contributed by atoms with Crippen molar-refractivity contribution >= 4 is 43.4 Å². The third-order valence-corrected chi connectivity index (χ3v) is 7.60. The standard InChI is InChI=1S/C27H29NO5S/c1-15-12-17(3)22(13-16(15)2)34(30,31)28-21-14-20-23(26(29)32-7)25(27(4,5)6)33-24(20)19-11-9-8-10-18(19)21/h8-14,28H,1-7H3. The van der Waals surface area contributed by atoms with E-state index in [2.05, 4.69) is 4.72 Å². The Hall–Kier alpha value is -3.32. The summed E-state index contributed by atoms with van der Waals surface area (Å²) < 4.78 is 41.0. The summed E-state index contributed by atoms with van der Waals surface area (Å²) in [4.78, 5) is 13.0. The molecule has 6 nitrogen and oxygen atoms in total. The normalized spacial score (nSPS) is 12.3. The first-order chi connectivity index (χ1) is 15.8. The van der Waals surface area contributed by atoms with Gasteiger partial charge in [-0.25, -0.2) is 13.2 Å². The third-order valence-electron chi connectivity index (χ3n) is 6.09. The zero-order valence-electron chi connectivity index (χ0n) is 20.5. The zero-order chi connectivity index (χ0) is 25.0. The fourth-order valence-corrected chi connectivity index (χ4v) is 5.64. The van der Waals surface area contributed by atoms with Gasteiger partial charge in [0.15, 0.2) is 0 Å². The number of sulfonamides is 1. The van der Waals surface area contributed by atoms with Crippen molar-refractivity contribution in [2.24, 2.45) is 0 Å². The molecule has 0 amide bonds. The molecule has 1 heterocycles. The number of hydrogen-bond donors (Lipinski definition) is 1. The van der Waals surface area contributed by atoms with Gasteiger partial charge in [0.2, 0.25) is 0 Å². The van der Waals surface area contributed by atoms with E-state index in [1.165, 1.54) is 7.11 Å². The number of aryl methyl sites for hydroxylation is 3. The highest BCUT2D eigenvalue weighted by Gasteiger charge is 2.31. The lowest BCUT2D eigenvalue weighted by molar-refractivity contribution is 0.0598. The Labute approximate surface area is 200 Å². The summed E-state index contributed by atoms with van der Waals surface area (Å²) in [7, 11) is -2.58. The lowest BCUT2D eigenvalue weighted by Gasteiger charge is -2.16. The van der Waals surface area contributed by atoms with E-state index in [1.54, 1.807) is 19.1 Å². The van der Waals surface area contributed by atoms with Crippen LogP contribution < -0.4 is 4.72 Å². The van der Waals surface area contributed by atoms with Gasteiger partial charge in [0, 0.05) is 21.6 Å². The Bertz CT molecular complexity index is 1560. The molecule has 34 heavy (non-hydrogen) atoms. The second-order valence-electron chi connectivity index (χ2n) is 9.70. The predicted molar refractivity (Wildman–Crippen MR) is 135 cm³/mol. The SMILES string of the molecule is COC(=O)c1c(C(C)(C)C)oc2c1cc(NS(=O)(=O)c1cc(C)c(C)cc1C)c1ccccc12. The van der Waals surface area contributed by atoms with Crippen LogP contribution in [0.25, 0.3) is 21.7 Å². The summed E-state index contributed by atoms with van der Waals surface area (Å²) in [5, 5.41) is 1.88. The molecule has 0 aliphatic rings. The number of rotatable bonds is 4. The number of fused-ring (bicyclic) bond motifs is 3. The van der Waals surface area contributed by atoms with Gasteiger partial charge in [0.25, 0.3) is 10.0 Å². The average Bonchev–Trinajstić information content (AvgIpc) is 3.15. The molecule has 4 aromatic rings. The number of ether oxygens (including phenoxy) is 1. The van der Waals surface area contributed by atoms with E-state index in [1.807, 2.05) is 65.0 Å². The summed E-state index contributed by atoms with van der Waals surface area (Å²) in [5.41, 5.74) is 3.30. The van der Waals surface area contributed by atoms with Gasteiger partial charge in [-0.1, -0.05) is 51.1 Å². The summed E-state index contributed by atoms with van der Waals surface area (Å²) >= 11 is 0. The minimum Gasteiger partial charge on any atom is -0.465 e. The molecule has 0 saturated heterocycles. The van der Waals surface area contributed by atoms with E-state index >= 15 is 0 Å². The molecule has 0 aliphatic carbocycles. The highest BCUT2D eigenvalue weighted by molar-refractivity contribution is 7.92. The Morgan fingerprint density at radius 1 is 0.912 bits per heavy atom. The average molecular weight is 480 g/mol. The van der Waals surface area contributed by atoms with E-state index in [0.717, 1.165) is 11.1 Å². The number of anilines is 1. The van der Waals surface area contributed by atoms with Crippen LogP contribution in [0.4, 0.5) is 5.69 Å². The smallest absolute Gasteiger partial charge is 0.342 e. The van der Waals surface area contributed by atoms with Crippen LogP contribution in [0.15, 0.2) is 51.8 Å². The van der Waals surface area contributed by atoms with Crippen molar-refractivity contribution < 1.29 is 22.4 Å². The summed E-state index contributed by atoms with van der Waals surface area (Å²) in [6, 6.07) is 12.6. The van der Waals surface area contributed by atoms with E-state index < -0.39 is 21.4 Å². The van der Waals surface area contributed by atoms with Gasteiger partial charge >= 0.3 is 5.97 Å². The van der Waals surface area contributed by atoms with Crippen molar-refractivity contribution in [3.8, 4) is 0 Å². The molecule has 0 fully saturated rings. The van der Waals surface area contributed by atoms with Crippen LogP contribution in [0.2, 0.25) is 0 Å². The van der Waals surface area contributed by atoms with Crippen LogP contribution in [-0.2, 0) is 20.2 Å². The molecule has 3 aromatic carbocycles. The summed E-state index contributed by atoms with van der Waals surface area (Å²) in [5.74, 6) is -0.0396. The second-order valence-corrected chi connectivity index (χ2v) is 11.4. The Kier molecular flexibility index (Phi) is 5.72. The van der Waals surface area contributed by atoms with Gasteiger partial charge in [0.1, 0.15) is 16.9 Å². The van der Waals surface area contributed by atoms with Crippen molar-refractivity contribution in [3.05, 3.63) is 70.5 Å². The first-order valence-electron chi connectivity index (χ1n) is 11.0. The van der Waals surface area contributed by atoms with E-state index in [0.29, 0.717) is 44.3 Å². The van der Waals surface area contributed by atoms with Gasteiger partial charge < -0.3 is 9.15 Å². The summed E-state index contributed by atoms with van der Waals surface area (Å²) in [6.45, 7) is 11.5. The fraction of sp³-hybridized carbons (Fsp3) is 0.296. The maximum atomic E-state index is 13.5. The number of benzene rings is 3. The topological polar surface area (TPSA) is 85.6 Å². The van der Waals surface area contributed by atoms with Crippen molar-refractivity contribution in [2.75, 3.05) is 11.8 Å². The minimum absolute atomic E-state index is 0.218. The molecule has 0 unspecified atom stereocenters. The number of hydrogen-bond acceptors (Lipinski definition) is 5. The van der Waals surface area contributed by atoms with Crippen LogP contribution in [-0.4, -0.2) is 21.5 Å². The van der Waals surface area contributed by atoms with Gasteiger partial charge in [-0.05, 0) is 49.6 Å². The first kappa shape index (κ1) is 23.8. The molecular weight excluding hydrogens is 450 g/mol. The first-order valence-corrected chi connectivity index (χ1v) is 12.5. The molecule has 1 aromatic heterocycles. The number of carbonyl (C=O) groups excluding carboxylic acids is 1. The van der Waals surface area contributed by atoms with Crippen LogP contribution in [0, 0.1) is 20.8 Å². The van der Waals surface area contributed by atoms with Gasteiger partial charge in [-0.2, -0.15) is 0 Å². The van der Waals surface area contributed by atoms with Crippen molar-refractivity contribution in [1.29, 1.82) is 0 Å². The third kappa shape index (κ3) is 3.94. The Morgan fingerprint density at radius 2 is 1.53 bits per heavy atom. The lowest BCUT2D eigenvalue weighted by atomic mass is 9.89. The maximum Gasteiger partial charge on any atom is 0.342 e. The Morgan fingerprint density at radius 3 is 2.15 bits per heavy atom. The molecule has 0 atom stereocenters. The number of furan rings is 1. The maximum absolute atomic E-state index is 13.5. The van der Waals surface area contributed by atoms with Crippen LogP contribution in [0.3, 0.4) is 0 Å². The molecule has 0 spiro atoms. The second kappa shape index (κ2) is 8.17. The molecule has 4 rings (SSSR count). The van der Waals surface area contributed by atoms with Crippen molar-refractivity contribution in [2.45, 2.75) is 51.9 Å². The molecule has 0 radical (unpaired) electrons. The fourth-order valence-electron chi connectivity index (χ4n) is 4.26. The molecule has 178 valence electrons. The highest BCUT2D eigenvalue weighted by atomic mass is 32.2. The summed E-state index contributed by atoms with van der Waals surface area (Å²) in [6.07, 6.45) is 0. The van der Waals surface area contributed by atoms with Crippen LogP contribution in [0.1, 0.15) is 53.6 Å². The number of nitrogens with one attached hydrogen (secondary N) is 1. The minimum atomic E-state index is -3.90. The number of carbonyl (C=O) groups is 1. The quantitative estimate of drug-likeness (QED) is 0.343. The lowest BCUT2D eigenvalue weighted by Crippen LogP contribution is -2.16. The van der Waals surface area contributed by atoms with Crippen molar-refractivity contribution in [1.82, 2.24) is 0 Å². The van der Waals surface area contributed by atoms with Gasteiger partial charge in [-0.15, -0.1) is 0 Å². The largest absolute Gasteiger partial charge is 0.465 e. The van der Waals surface area contributed by atoms with Crippen LogP contribution >= 0.6 is 0 Å². The van der Waals surface area contributed by atoms with E-state index in [9.17, 15) is 13.2 Å². The molecule has 0 aliphatic heterocycles. The predicted octanol–water partition coefficient (Wildman–Crippen LogP) is 6.40. The molecule has 0 bridgehead atoms. The van der Waals surface area contributed by atoms with Crippen LogP contribution in [0.5, 0.6) is 0 Å².